The largest absolute Gasteiger partial charge is 0.399 e. The van der Waals surface area contributed by atoms with Crippen LogP contribution in [0.15, 0.2) is 46.7 Å². The van der Waals surface area contributed by atoms with E-state index in [4.69, 9.17) is 17.4 Å². The second kappa shape index (κ2) is 10.9. The van der Waals surface area contributed by atoms with E-state index in [1.165, 1.54) is 0 Å². The van der Waals surface area contributed by atoms with E-state index in [1.54, 1.807) is 13.0 Å². The van der Waals surface area contributed by atoms with Gasteiger partial charge in [-0.25, -0.2) is 5.84 Å². The summed E-state index contributed by atoms with van der Waals surface area (Å²) in [6.07, 6.45) is 0.530. The topological polar surface area (TPSA) is 132 Å². The van der Waals surface area contributed by atoms with E-state index in [0.717, 1.165) is 5.56 Å². The monoisotopic (exact) mass is 346 g/mol. The van der Waals surface area contributed by atoms with E-state index in [0.29, 0.717) is 34.5 Å². The van der Waals surface area contributed by atoms with Gasteiger partial charge in [0.2, 0.25) is 0 Å². The number of amidine groups is 1. The number of hydrazone groups is 1. The molecule has 1 rings (SSSR count). The van der Waals surface area contributed by atoms with Crippen molar-refractivity contribution < 1.29 is 4.79 Å². The second-order valence-electron chi connectivity index (χ2n) is 5.11. The molecule has 0 saturated carbocycles. The van der Waals surface area contributed by atoms with Gasteiger partial charge < -0.3 is 22.3 Å². The minimum absolute atomic E-state index is 0.253. The highest BCUT2D eigenvalue weighted by molar-refractivity contribution is 6.10. The highest BCUT2D eigenvalue weighted by Crippen LogP contribution is 2.21. The van der Waals surface area contributed by atoms with Crippen molar-refractivity contribution in [2.45, 2.75) is 41.0 Å². The molecule has 0 aliphatic rings. The van der Waals surface area contributed by atoms with Gasteiger partial charge in [-0.3, -0.25) is 4.79 Å². The Balaban J connectivity index is 0.00000277. The number of hydrogen-bond donors (Lipinski definition) is 5. The van der Waals surface area contributed by atoms with Crippen LogP contribution in [0.4, 0.5) is 5.69 Å². The predicted octanol–water partition coefficient (Wildman–Crippen LogP) is 2.24. The molecule has 7 nitrogen and oxygen atoms in total. The van der Waals surface area contributed by atoms with Crippen LogP contribution in [0.5, 0.6) is 0 Å². The molecule has 0 aromatic heterocycles. The van der Waals surface area contributed by atoms with Crippen molar-refractivity contribution in [2.75, 3.05) is 5.32 Å². The van der Waals surface area contributed by atoms with Gasteiger partial charge in [-0.05, 0) is 43.5 Å². The van der Waals surface area contributed by atoms with Crippen molar-refractivity contribution in [1.29, 1.82) is 0 Å². The number of benzene rings is 1. The van der Waals surface area contributed by atoms with Crippen molar-refractivity contribution in [2.24, 2.45) is 22.5 Å². The minimum atomic E-state index is -0.253. The highest BCUT2D eigenvalue weighted by Gasteiger charge is 2.16. The Morgan fingerprint density at radius 3 is 2.36 bits per heavy atom. The van der Waals surface area contributed by atoms with Crippen molar-refractivity contribution >= 4 is 17.4 Å². The van der Waals surface area contributed by atoms with Crippen LogP contribution in [-0.2, 0) is 4.79 Å². The Labute approximate surface area is 150 Å². The van der Waals surface area contributed by atoms with Crippen LogP contribution < -0.4 is 28.2 Å². The first kappa shape index (κ1) is 22.2. The van der Waals surface area contributed by atoms with Crippen LogP contribution in [0.25, 0.3) is 0 Å². The van der Waals surface area contributed by atoms with Crippen molar-refractivity contribution in [3.8, 4) is 0 Å². The van der Waals surface area contributed by atoms with E-state index in [1.807, 2.05) is 39.8 Å². The van der Waals surface area contributed by atoms with Crippen molar-refractivity contribution in [3.05, 3.63) is 52.7 Å². The molecule has 138 valence electrons. The standard InChI is InChI=1S/C16H24N6O.C2H6/c1-5-12(10(3)11(4)17)16(23)20-14-8-9(2)6-7-13(14)15(21-18)22-19;1-2/h6-8H,4-5,17-19H2,1-3H3,(H,20,23)(H,21,22);1-2H3/b12-10+;. The van der Waals surface area contributed by atoms with Crippen molar-refractivity contribution in [1.82, 2.24) is 5.43 Å². The molecule has 0 atom stereocenters. The summed E-state index contributed by atoms with van der Waals surface area (Å²) in [5.74, 6) is 10.8. The maximum atomic E-state index is 12.6. The van der Waals surface area contributed by atoms with Gasteiger partial charge in [0.25, 0.3) is 5.91 Å². The second-order valence-corrected chi connectivity index (χ2v) is 5.11. The molecule has 0 saturated heterocycles. The first-order chi connectivity index (χ1) is 11.8. The number of allylic oxidation sites excluding steroid dienone is 1. The summed E-state index contributed by atoms with van der Waals surface area (Å²) in [4.78, 5) is 12.6. The third-order valence-corrected chi connectivity index (χ3v) is 3.51. The van der Waals surface area contributed by atoms with Crippen LogP contribution in [-0.4, -0.2) is 11.7 Å². The molecule has 0 heterocycles. The first-order valence-corrected chi connectivity index (χ1v) is 8.17. The van der Waals surface area contributed by atoms with Gasteiger partial charge in [-0.2, -0.15) is 5.10 Å². The zero-order chi connectivity index (χ0) is 19.6. The molecule has 1 amide bonds. The van der Waals surface area contributed by atoms with Gasteiger partial charge in [0.05, 0.1) is 5.69 Å². The van der Waals surface area contributed by atoms with Crippen molar-refractivity contribution in [3.63, 3.8) is 0 Å². The Kier molecular flexibility index (Phi) is 9.66. The predicted molar refractivity (Wildman–Crippen MR) is 106 cm³/mol. The SMILES string of the molecule is C=C(N)/C(C)=C(\CC)C(=O)Nc1cc(C)ccc1/C(=N/N)NN.CC. The van der Waals surface area contributed by atoms with Gasteiger partial charge in [0, 0.05) is 16.8 Å². The zero-order valence-corrected chi connectivity index (χ0v) is 15.7. The number of hydrazine groups is 1. The molecule has 7 heteroatoms. The molecule has 0 bridgehead atoms. The maximum Gasteiger partial charge on any atom is 0.251 e. The maximum absolute atomic E-state index is 12.6. The number of amides is 1. The Morgan fingerprint density at radius 1 is 1.32 bits per heavy atom. The summed E-state index contributed by atoms with van der Waals surface area (Å²) >= 11 is 0. The molecule has 0 radical (unpaired) electrons. The van der Waals surface area contributed by atoms with Gasteiger partial charge in [0.1, 0.15) is 0 Å². The van der Waals surface area contributed by atoms with Gasteiger partial charge in [-0.15, -0.1) is 0 Å². The van der Waals surface area contributed by atoms with Gasteiger partial charge >= 0.3 is 0 Å². The van der Waals surface area contributed by atoms with Crippen LogP contribution in [0.1, 0.15) is 45.2 Å². The number of carbonyl (C=O) groups excluding carboxylic acids is 1. The summed E-state index contributed by atoms with van der Waals surface area (Å²) in [5, 5.41) is 6.45. The lowest BCUT2D eigenvalue weighted by Gasteiger charge is -2.15. The van der Waals surface area contributed by atoms with E-state index >= 15 is 0 Å². The number of nitrogens with one attached hydrogen (secondary N) is 2. The molecule has 25 heavy (non-hydrogen) atoms. The fourth-order valence-corrected chi connectivity index (χ4v) is 2.14. The fraction of sp³-hybridized carbons (Fsp3) is 0.333. The van der Waals surface area contributed by atoms with Crippen LogP contribution >= 0.6 is 0 Å². The summed E-state index contributed by atoms with van der Waals surface area (Å²) in [6.45, 7) is 13.2. The first-order valence-electron chi connectivity index (χ1n) is 8.17. The smallest absolute Gasteiger partial charge is 0.251 e. The average Bonchev–Trinajstić information content (AvgIpc) is 2.59. The summed E-state index contributed by atoms with van der Waals surface area (Å²) in [6, 6.07) is 5.47. The van der Waals surface area contributed by atoms with E-state index in [9.17, 15) is 4.79 Å². The minimum Gasteiger partial charge on any atom is -0.399 e. The molecule has 0 aliphatic carbocycles. The number of hydrogen-bond acceptors (Lipinski definition) is 5. The molecule has 0 spiro atoms. The normalized spacial score (nSPS) is 11.7. The molecular weight excluding hydrogens is 316 g/mol. The number of nitrogens with zero attached hydrogens (tertiary/aromatic N) is 1. The number of carbonyl (C=O) groups is 1. The van der Waals surface area contributed by atoms with E-state index < -0.39 is 0 Å². The van der Waals surface area contributed by atoms with Crippen LogP contribution in [0.3, 0.4) is 0 Å². The zero-order valence-electron chi connectivity index (χ0n) is 15.7. The third-order valence-electron chi connectivity index (χ3n) is 3.51. The van der Waals surface area contributed by atoms with E-state index in [-0.39, 0.29) is 11.7 Å². The Hall–Kier alpha value is -2.80. The number of rotatable bonds is 5. The van der Waals surface area contributed by atoms with Gasteiger partial charge in [-0.1, -0.05) is 33.4 Å². The lowest BCUT2D eigenvalue weighted by molar-refractivity contribution is -0.113. The number of nitrogens with two attached hydrogens (primary N) is 3. The molecule has 0 unspecified atom stereocenters. The molecule has 8 N–H and O–H groups in total. The van der Waals surface area contributed by atoms with E-state index in [2.05, 4.69) is 22.4 Å². The molecular formula is C18H30N6O. The number of anilines is 1. The molecule has 0 aliphatic heterocycles. The molecule has 1 aromatic carbocycles. The Morgan fingerprint density at radius 2 is 1.92 bits per heavy atom. The summed E-state index contributed by atoms with van der Waals surface area (Å²) in [5.41, 5.74) is 11.8. The van der Waals surface area contributed by atoms with Crippen LogP contribution in [0, 0.1) is 6.92 Å². The van der Waals surface area contributed by atoms with Gasteiger partial charge in [0.15, 0.2) is 5.84 Å². The lowest BCUT2D eigenvalue weighted by Crippen LogP contribution is -2.33. The fourth-order valence-electron chi connectivity index (χ4n) is 2.14. The quantitative estimate of drug-likeness (QED) is 0.139. The number of aryl methyl sites for hydroxylation is 1. The van der Waals surface area contributed by atoms with Crippen LogP contribution in [0.2, 0.25) is 0 Å². The summed E-state index contributed by atoms with van der Waals surface area (Å²) in [7, 11) is 0. The highest BCUT2D eigenvalue weighted by atomic mass is 16.1. The molecule has 1 aromatic rings. The summed E-state index contributed by atoms with van der Waals surface area (Å²) < 4.78 is 0. The lowest BCUT2D eigenvalue weighted by atomic mass is 10.0. The third kappa shape index (κ3) is 5.96. The average molecular weight is 346 g/mol. The Bertz CT molecular complexity index is 676. The molecule has 0 fully saturated rings.